The number of fused-ring (bicyclic) bond motifs is 4. The van der Waals surface area contributed by atoms with Crippen LogP contribution in [0, 0.1) is 5.92 Å². The molecule has 1 aromatic heterocycles. The zero-order valence-corrected chi connectivity index (χ0v) is 18.1. The summed E-state index contributed by atoms with van der Waals surface area (Å²) < 4.78 is 2.08. The molecule has 2 bridgehead atoms. The molecule has 6 nitrogen and oxygen atoms in total. The molecule has 1 amide bonds. The maximum absolute atomic E-state index is 13.3. The molecule has 164 valence electrons. The number of carbonyl (C=O) groups is 1. The van der Waals surface area contributed by atoms with Gasteiger partial charge in [0.15, 0.2) is 0 Å². The van der Waals surface area contributed by atoms with Crippen LogP contribution in [0.4, 0.5) is 0 Å². The summed E-state index contributed by atoms with van der Waals surface area (Å²) in [7, 11) is 0. The van der Waals surface area contributed by atoms with Crippen molar-refractivity contribution in [3.8, 4) is 0 Å². The lowest BCUT2D eigenvalue weighted by Gasteiger charge is -2.43. The number of amides is 1. The molecule has 1 aromatic carbocycles. The molecule has 3 aliphatic rings. The summed E-state index contributed by atoms with van der Waals surface area (Å²) in [6, 6.07) is 11.9. The van der Waals surface area contributed by atoms with Gasteiger partial charge in [-0.15, -0.1) is 0 Å². The van der Waals surface area contributed by atoms with Gasteiger partial charge in [0.05, 0.1) is 0 Å². The van der Waals surface area contributed by atoms with Gasteiger partial charge in [0.25, 0.3) is 5.56 Å². The Morgan fingerprint density at radius 1 is 0.903 bits per heavy atom. The van der Waals surface area contributed by atoms with E-state index in [1.807, 2.05) is 12.1 Å². The topological polar surface area (TPSA) is 71.6 Å². The molecule has 2 saturated heterocycles. The van der Waals surface area contributed by atoms with E-state index in [0.29, 0.717) is 17.4 Å². The molecule has 2 aromatic rings. The van der Waals surface area contributed by atoms with Crippen molar-refractivity contribution in [2.45, 2.75) is 51.2 Å². The van der Waals surface area contributed by atoms with E-state index < -0.39 is 0 Å². The van der Waals surface area contributed by atoms with E-state index in [4.69, 9.17) is 5.73 Å². The van der Waals surface area contributed by atoms with E-state index in [0.717, 1.165) is 51.4 Å². The minimum absolute atomic E-state index is 0.230. The first kappa shape index (κ1) is 20.5. The number of likely N-dealkylation sites (tertiary alicyclic amines) is 2. The lowest BCUT2D eigenvalue weighted by molar-refractivity contribution is 0.1000. The average Bonchev–Trinajstić information content (AvgIpc) is 2.77. The van der Waals surface area contributed by atoms with Crippen LogP contribution in [0.1, 0.15) is 58.8 Å². The molecule has 0 saturated carbocycles. The third-order valence-electron chi connectivity index (χ3n) is 7.25. The van der Waals surface area contributed by atoms with Gasteiger partial charge >= 0.3 is 0 Å². The molecule has 2 N–H and O–H groups in total. The maximum atomic E-state index is 13.3. The standard InChI is InChI=1S/C25H32N4O2/c26-24(30)20-6-4-18(5-7-20)13-28-14-19-12-22(17-28)23-9-8-21(25(31)29(23)15-19)16-27-10-2-1-3-11-27/h4-9,19,22H,1-3,10-17H2,(H2,26,30)/t19-,22+/m0/s1. The number of primary amides is 1. The van der Waals surface area contributed by atoms with Crippen LogP contribution in [0.3, 0.4) is 0 Å². The first-order valence-corrected chi connectivity index (χ1v) is 11.6. The third-order valence-corrected chi connectivity index (χ3v) is 7.25. The second-order valence-corrected chi connectivity index (χ2v) is 9.59. The fourth-order valence-electron chi connectivity index (χ4n) is 5.73. The smallest absolute Gasteiger partial charge is 0.255 e. The van der Waals surface area contributed by atoms with Gasteiger partial charge in [0.1, 0.15) is 0 Å². The Labute approximate surface area is 183 Å². The van der Waals surface area contributed by atoms with Gasteiger partial charge in [0, 0.05) is 55.5 Å². The Balaban J connectivity index is 1.30. The number of piperidine rings is 2. The largest absolute Gasteiger partial charge is 0.366 e. The number of carbonyl (C=O) groups excluding carboxylic acids is 1. The lowest BCUT2D eigenvalue weighted by Crippen LogP contribution is -2.47. The van der Waals surface area contributed by atoms with E-state index in [-0.39, 0.29) is 11.5 Å². The molecule has 6 heteroatoms. The molecule has 0 spiro atoms. The van der Waals surface area contributed by atoms with Crippen molar-refractivity contribution in [3.63, 3.8) is 0 Å². The Bertz CT molecular complexity index is 1010. The van der Waals surface area contributed by atoms with Crippen LogP contribution in [-0.2, 0) is 19.6 Å². The van der Waals surface area contributed by atoms with Crippen molar-refractivity contribution in [1.29, 1.82) is 0 Å². The zero-order chi connectivity index (χ0) is 21.4. The number of nitrogens with two attached hydrogens (primary N) is 1. The van der Waals surface area contributed by atoms with Gasteiger partial charge in [-0.2, -0.15) is 0 Å². The molecule has 0 aliphatic carbocycles. The number of hydrogen-bond donors (Lipinski definition) is 1. The summed E-state index contributed by atoms with van der Waals surface area (Å²) >= 11 is 0. The summed E-state index contributed by atoms with van der Waals surface area (Å²) in [4.78, 5) is 29.5. The van der Waals surface area contributed by atoms with Crippen molar-refractivity contribution >= 4 is 5.91 Å². The highest BCUT2D eigenvalue weighted by Gasteiger charge is 2.35. The Morgan fingerprint density at radius 3 is 2.42 bits per heavy atom. The summed E-state index contributed by atoms with van der Waals surface area (Å²) in [6.45, 7) is 6.69. The highest BCUT2D eigenvalue weighted by molar-refractivity contribution is 5.92. The van der Waals surface area contributed by atoms with E-state index in [1.165, 1.54) is 36.9 Å². The summed E-state index contributed by atoms with van der Waals surface area (Å²) in [5, 5.41) is 0. The highest BCUT2D eigenvalue weighted by atomic mass is 16.1. The average molecular weight is 421 g/mol. The number of benzene rings is 1. The number of rotatable bonds is 5. The van der Waals surface area contributed by atoms with Crippen LogP contribution >= 0.6 is 0 Å². The fraction of sp³-hybridized carbons (Fsp3) is 0.520. The lowest BCUT2D eigenvalue weighted by atomic mass is 9.82. The summed E-state index contributed by atoms with van der Waals surface area (Å²) in [5.74, 6) is 0.536. The second-order valence-electron chi connectivity index (χ2n) is 9.59. The Kier molecular flexibility index (Phi) is 5.67. The molecular formula is C25H32N4O2. The number of aromatic nitrogens is 1. The van der Waals surface area contributed by atoms with Crippen LogP contribution in [-0.4, -0.2) is 46.5 Å². The predicted octanol–water partition coefficient (Wildman–Crippen LogP) is 2.55. The maximum Gasteiger partial charge on any atom is 0.255 e. The first-order chi connectivity index (χ1) is 15.1. The molecule has 31 heavy (non-hydrogen) atoms. The Hall–Kier alpha value is -2.44. The van der Waals surface area contributed by atoms with Gasteiger partial charge in [-0.1, -0.05) is 24.6 Å². The van der Waals surface area contributed by atoms with Crippen molar-refractivity contribution in [2.75, 3.05) is 26.2 Å². The van der Waals surface area contributed by atoms with Crippen LogP contribution in [0.25, 0.3) is 0 Å². The van der Waals surface area contributed by atoms with Crippen molar-refractivity contribution in [1.82, 2.24) is 14.4 Å². The molecule has 2 atom stereocenters. The van der Waals surface area contributed by atoms with E-state index in [9.17, 15) is 9.59 Å². The monoisotopic (exact) mass is 420 g/mol. The van der Waals surface area contributed by atoms with Crippen LogP contribution < -0.4 is 11.3 Å². The van der Waals surface area contributed by atoms with E-state index in [1.54, 1.807) is 12.1 Å². The van der Waals surface area contributed by atoms with E-state index in [2.05, 4.69) is 26.5 Å². The quantitative estimate of drug-likeness (QED) is 0.807. The SMILES string of the molecule is NC(=O)c1ccc(CN2C[C@@H]3C[C@H](C2)c2ccc(CN4CCCCC4)c(=O)n2C3)cc1. The molecule has 2 fully saturated rings. The first-order valence-electron chi connectivity index (χ1n) is 11.6. The van der Waals surface area contributed by atoms with Crippen LogP contribution in [0.15, 0.2) is 41.2 Å². The van der Waals surface area contributed by atoms with Crippen molar-refractivity contribution in [2.24, 2.45) is 11.7 Å². The minimum atomic E-state index is -0.388. The highest BCUT2D eigenvalue weighted by Crippen LogP contribution is 2.35. The zero-order valence-electron chi connectivity index (χ0n) is 18.1. The molecule has 0 radical (unpaired) electrons. The third kappa shape index (κ3) is 4.32. The van der Waals surface area contributed by atoms with Crippen LogP contribution in [0.5, 0.6) is 0 Å². The summed E-state index contributed by atoms with van der Waals surface area (Å²) in [5.41, 5.74) is 9.48. The van der Waals surface area contributed by atoms with E-state index >= 15 is 0 Å². The number of nitrogens with zero attached hydrogens (tertiary/aromatic N) is 3. The number of pyridine rings is 1. The predicted molar refractivity (Wildman–Crippen MR) is 121 cm³/mol. The van der Waals surface area contributed by atoms with Crippen LogP contribution in [0.2, 0.25) is 0 Å². The second kappa shape index (κ2) is 8.60. The van der Waals surface area contributed by atoms with Gasteiger partial charge < -0.3 is 10.3 Å². The van der Waals surface area contributed by atoms with Gasteiger partial charge in [-0.25, -0.2) is 0 Å². The minimum Gasteiger partial charge on any atom is -0.366 e. The molecule has 4 heterocycles. The number of hydrogen-bond acceptors (Lipinski definition) is 4. The molecular weight excluding hydrogens is 388 g/mol. The van der Waals surface area contributed by atoms with Gasteiger partial charge in [-0.3, -0.25) is 19.4 Å². The molecule has 0 unspecified atom stereocenters. The molecule has 5 rings (SSSR count). The normalized spacial score (nSPS) is 24.0. The Morgan fingerprint density at radius 2 is 1.68 bits per heavy atom. The van der Waals surface area contributed by atoms with Gasteiger partial charge in [0.2, 0.25) is 5.91 Å². The summed E-state index contributed by atoms with van der Waals surface area (Å²) in [6.07, 6.45) is 4.98. The van der Waals surface area contributed by atoms with Crippen molar-refractivity contribution < 1.29 is 4.79 Å². The van der Waals surface area contributed by atoms with Gasteiger partial charge in [-0.05, 0) is 62.0 Å². The molecule has 3 aliphatic heterocycles. The van der Waals surface area contributed by atoms with Crippen molar-refractivity contribution in [3.05, 3.63) is 69.1 Å². The fourth-order valence-corrected chi connectivity index (χ4v) is 5.73.